The van der Waals surface area contributed by atoms with Gasteiger partial charge >= 0.3 is 0 Å². The maximum Gasteiger partial charge on any atom is 0.217 e. The van der Waals surface area contributed by atoms with Crippen molar-refractivity contribution in [2.45, 2.75) is 12.8 Å². The van der Waals surface area contributed by atoms with E-state index in [1.807, 2.05) is 0 Å². The van der Waals surface area contributed by atoms with Crippen LogP contribution >= 0.6 is 0 Å². The maximum atomic E-state index is 10.1. The average molecular weight is 129 g/mol. The molecule has 0 spiro atoms. The monoisotopic (exact) mass is 129 g/mol. The molecular formula is C6H11NO2. The van der Waals surface area contributed by atoms with Gasteiger partial charge in [0, 0.05) is 12.8 Å². The first-order valence-electron chi connectivity index (χ1n) is 2.67. The smallest absolute Gasteiger partial charge is 0.217 e. The van der Waals surface area contributed by atoms with E-state index in [0.29, 0.717) is 18.6 Å². The molecule has 0 saturated heterocycles. The molecular weight excluding hydrogens is 118 g/mol. The normalized spacial score (nSPS) is 8.56. The van der Waals surface area contributed by atoms with Gasteiger partial charge in [-0.2, -0.15) is 0 Å². The lowest BCUT2D eigenvalue weighted by atomic mass is 10.3. The summed E-state index contributed by atoms with van der Waals surface area (Å²) in [5, 5.41) is 0. The lowest BCUT2D eigenvalue weighted by Gasteiger charge is -1.99. The minimum atomic E-state index is -0.326. The van der Waals surface area contributed by atoms with Crippen molar-refractivity contribution in [1.29, 1.82) is 0 Å². The number of nitrogens with two attached hydrogens (primary N) is 1. The topological polar surface area (TPSA) is 52.3 Å². The number of primary amides is 1. The van der Waals surface area contributed by atoms with Gasteiger partial charge in [-0.25, -0.2) is 0 Å². The first-order chi connectivity index (χ1) is 4.16. The Kier molecular flexibility index (Phi) is 3.51. The molecule has 0 aromatic rings. The van der Waals surface area contributed by atoms with Crippen LogP contribution in [0.2, 0.25) is 0 Å². The second-order valence-electron chi connectivity index (χ2n) is 1.71. The number of hydrogen-bond donors (Lipinski definition) is 1. The molecule has 0 aromatic carbocycles. The van der Waals surface area contributed by atoms with Crippen LogP contribution < -0.4 is 5.73 Å². The fourth-order valence-corrected chi connectivity index (χ4v) is 0.365. The summed E-state index contributed by atoms with van der Waals surface area (Å²) < 4.78 is 4.70. The molecule has 0 fully saturated rings. The van der Waals surface area contributed by atoms with Gasteiger partial charge < -0.3 is 10.5 Å². The molecule has 52 valence electrons. The molecule has 0 atom stereocenters. The Morgan fingerprint density at radius 2 is 2.22 bits per heavy atom. The van der Waals surface area contributed by atoms with Crippen LogP contribution in [0, 0.1) is 0 Å². The van der Waals surface area contributed by atoms with E-state index >= 15 is 0 Å². The Labute approximate surface area is 54.5 Å². The highest BCUT2D eigenvalue weighted by atomic mass is 16.5. The van der Waals surface area contributed by atoms with E-state index in [9.17, 15) is 4.79 Å². The van der Waals surface area contributed by atoms with E-state index in [-0.39, 0.29) is 5.91 Å². The number of carbonyl (C=O) groups excluding carboxylic acids is 1. The molecule has 3 nitrogen and oxygen atoms in total. The molecule has 0 rings (SSSR count). The molecule has 0 aromatic heterocycles. The minimum absolute atomic E-state index is 0.312. The summed E-state index contributed by atoms with van der Waals surface area (Å²) in [7, 11) is 1.52. The molecule has 0 aliphatic heterocycles. The van der Waals surface area contributed by atoms with Crippen LogP contribution in [-0.4, -0.2) is 13.0 Å². The number of hydrogen-bond acceptors (Lipinski definition) is 2. The quantitative estimate of drug-likeness (QED) is 0.559. The second kappa shape index (κ2) is 3.95. The summed E-state index contributed by atoms with van der Waals surface area (Å²) in [5.74, 6) is 0.266. The van der Waals surface area contributed by atoms with Crippen molar-refractivity contribution in [1.82, 2.24) is 0 Å². The van der Waals surface area contributed by atoms with E-state index in [0.717, 1.165) is 0 Å². The van der Waals surface area contributed by atoms with Crippen LogP contribution in [0.3, 0.4) is 0 Å². The van der Waals surface area contributed by atoms with Gasteiger partial charge in [-0.1, -0.05) is 6.58 Å². The van der Waals surface area contributed by atoms with Crippen molar-refractivity contribution in [2.24, 2.45) is 5.73 Å². The summed E-state index contributed by atoms with van der Waals surface area (Å²) in [6.07, 6.45) is 0.832. The highest BCUT2D eigenvalue weighted by Crippen LogP contribution is 2.00. The zero-order chi connectivity index (χ0) is 7.28. The summed E-state index contributed by atoms with van der Waals surface area (Å²) in [5.41, 5.74) is 4.86. The third-order valence-electron chi connectivity index (χ3n) is 0.939. The van der Waals surface area contributed by atoms with Crippen LogP contribution in [0.1, 0.15) is 12.8 Å². The molecule has 0 heterocycles. The number of methoxy groups -OCH3 is 1. The van der Waals surface area contributed by atoms with Crippen molar-refractivity contribution in [3.63, 3.8) is 0 Å². The van der Waals surface area contributed by atoms with Gasteiger partial charge in [-0.3, -0.25) is 4.79 Å². The van der Waals surface area contributed by atoms with E-state index in [2.05, 4.69) is 6.58 Å². The lowest BCUT2D eigenvalue weighted by molar-refractivity contribution is -0.118. The number of rotatable bonds is 4. The third-order valence-corrected chi connectivity index (χ3v) is 0.939. The standard InChI is InChI=1S/C6H11NO2/c1-5(9-2)3-4-6(7)8/h1,3-4H2,2H3,(H2,7,8). The molecule has 3 heteroatoms. The molecule has 0 unspecified atom stereocenters. The predicted octanol–water partition coefficient (Wildman–Crippen LogP) is 0.412. The van der Waals surface area contributed by atoms with Gasteiger partial charge in [0.1, 0.15) is 0 Å². The summed E-state index contributed by atoms with van der Waals surface area (Å²) in [6, 6.07) is 0. The van der Waals surface area contributed by atoms with E-state index < -0.39 is 0 Å². The molecule has 0 radical (unpaired) electrons. The Hall–Kier alpha value is -0.990. The first kappa shape index (κ1) is 8.01. The fourth-order valence-electron chi connectivity index (χ4n) is 0.365. The number of ether oxygens (including phenoxy) is 1. The van der Waals surface area contributed by atoms with Crippen LogP contribution in [-0.2, 0) is 9.53 Å². The van der Waals surface area contributed by atoms with Gasteiger partial charge in [-0.05, 0) is 0 Å². The van der Waals surface area contributed by atoms with Crippen molar-refractivity contribution in [3.05, 3.63) is 12.3 Å². The zero-order valence-electron chi connectivity index (χ0n) is 5.52. The molecule has 0 saturated carbocycles. The zero-order valence-corrected chi connectivity index (χ0v) is 5.52. The number of carbonyl (C=O) groups is 1. The first-order valence-corrected chi connectivity index (χ1v) is 2.67. The largest absolute Gasteiger partial charge is 0.502 e. The molecule has 9 heavy (non-hydrogen) atoms. The summed E-state index contributed by atoms with van der Waals surface area (Å²) >= 11 is 0. The van der Waals surface area contributed by atoms with Gasteiger partial charge in [0.25, 0.3) is 0 Å². The summed E-state index contributed by atoms with van der Waals surface area (Å²) in [6.45, 7) is 3.52. The van der Waals surface area contributed by atoms with Crippen molar-refractivity contribution >= 4 is 5.91 Å². The van der Waals surface area contributed by atoms with E-state index in [1.54, 1.807) is 0 Å². The Morgan fingerprint density at radius 3 is 2.56 bits per heavy atom. The van der Waals surface area contributed by atoms with Crippen molar-refractivity contribution < 1.29 is 9.53 Å². The molecule has 2 N–H and O–H groups in total. The van der Waals surface area contributed by atoms with Gasteiger partial charge in [0.2, 0.25) is 5.91 Å². The predicted molar refractivity (Wildman–Crippen MR) is 34.6 cm³/mol. The van der Waals surface area contributed by atoms with Crippen molar-refractivity contribution in [2.75, 3.05) is 7.11 Å². The molecule has 0 aliphatic rings. The Morgan fingerprint density at radius 1 is 1.67 bits per heavy atom. The van der Waals surface area contributed by atoms with Crippen LogP contribution in [0.25, 0.3) is 0 Å². The SMILES string of the molecule is C=C(CCC(N)=O)OC. The highest BCUT2D eigenvalue weighted by Gasteiger charge is 1.95. The number of amides is 1. The lowest BCUT2D eigenvalue weighted by Crippen LogP contribution is -2.10. The molecule has 1 amide bonds. The van der Waals surface area contributed by atoms with Gasteiger partial charge in [-0.15, -0.1) is 0 Å². The third kappa shape index (κ3) is 4.87. The second-order valence-corrected chi connectivity index (χ2v) is 1.71. The average Bonchev–Trinajstić information content (AvgIpc) is 1.83. The van der Waals surface area contributed by atoms with Crippen LogP contribution in [0.15, 0.2) is 12.3 Å². The minimum Gasteiger partial charge on any atom is -0.502 e. The Balaban J connectivity index is 3.28. The molecule has 0 aliphatic carbocycles. The number of allylic oxidation sites excluding steroid dienone is 1. The fraction of sp³-hybridized carbons (Fsp3) is 0.500. The maximum absolute atomic E-state index is 10.1. The van der Waals surface area contributed by atoms with Crippen LogP contribution in [0.5, 0.6) is 0 Å². The molecule has 0 bridgehead atoms. The highest BCUT2D eigenvalue weighted by molar-refractivity contribution is 5.73. The van der Waals surface area contributed by atoms with Crippen LogP contribution in [0.4, 0.5) is 0 Å². The van der Waals surface area contributed by atoms with E-state index in [4.69, 9.17) is 10.5 Å². The van der Waals surface area contributed by atoms with E-state index in [1.165, 1.54) is 7.11 Å². The summed E-state index contributed by atoms with van der Waals surface area (Å²) in [4.78, 5) is 10.1. The van der Waals surface area contributed by atoms with Gasteiger partial charge in [0.05, 0.1) is 12.9 Å². The van der Waals surface area contributed by atoms with Crippen molar-refractivity contribution in [3.8, 4) is 0 Å². The Bertz CT molecular complexity index is 120. The van der Waals surface area contributed by atoms with Gasteiger partial charge in [0.15, 0.2) is 0 Å².